The third-order valence-electron chi connectivity index (χ3n) is 3.47. The molecule has 10 heteroatoms. The van der Waals surface area contributed by atoms with Crippen LogP contribution in [0, 0.1) is 20.2 Å². The second-order valence-corrected chi connectivity index (χ2v) is 5.11. The molecule has 0 fully saturated rings. The lowest BCUT2D eigenvalue weighted by Gasteiger charge is -2.00. The number of para-hydroxylation sites is 1. The number of ether oxygens (including phenoxy) is 1. The highest BCUT2D eigenvalue weighted by Crippen LogP contribution is 2.28. The Bertz CT molecular complexity index is 1010. The van der Waals surface area contributed by atoms with Gasteiger partial charge in [0.05, 0.1) is 9.85 Å². The maximum Gasteiger partial charge on any atom is 0.363 e. The van der Waals surface area contributed by atoms with E-state index in [1.54, 1.807) is 0 Å². The van der Waals surface area contributed by atoms with Crippen molar-refractivity contribution in [2.45, 2.75) is 0 Å². The zero-order chi connectivity index (χ0) is 18.8. The van der Waals surface area contributed by atoms with Crippen LogP contribution in [0.3, 0.4) is 0 Å². The van der Waals surface area contributed by atoms with Crippen molar-refractivity contribution in [2.75, 3.05) is 0 Å². The quantitative estimate of drug-likeness (QED) is 0.384. The van der Waals surface area contributed by atoms with Crippen molar-refractivity contribution in [3.05, 3.63) is 79.5 Å². The first-order chi connectivity index (χ1) is 12.4. The second-order valence-electron chi connectivity index (χ2n) is 5.11. The molecule has 1 aliphatic heterocycles. The maximum absolute atomic E-state index is 12.0. The lowest BCUT2D eigenvalue weighted by Crippen LogP contribution is -2.07. The van der Waals surface area contributed by atoms with Gasteiger partial charge in [0.1, 0.15) is 11.3 Å². The van der Waals surface area contributed by atoms with Crippen molar-refractivity contribution in [2.24, 2.45) is 4.99 Å². The lowest BCUT2D eigenvalue weighted by molar-refractivity contribution is -0.385. The largest absolute Gasteiger partial charge is 0.507 e. The van der Waals surface area contributed by atoms with Gasteiger partial charge in [-0.05, 0) is 18.2 Å². The van der Waals surface area contributed by atoms with Crippen molar-refractivity contribution in [1.29, 1.82) is 0 Å². The molecule has 2 aromatic rings. The molecule has 0 aromatic heterocycles. The number of cyclic esters (lactones) is 1. The fraction of sp³-hybridized carbons (Fsp3) is 0. The molecule has 0 amide bonds. The number of nitro benzene ring substituents is 2. The zero-order valence-electron chi connectivity index (χ0n) is 12.9. The van der Waals surface area contributed by atoms with Gasteiger partial charge < -0.3 is 9.84 Å². The maximum atomic E-state index is 12.0. The van der Waals surface area contributed by atoms with Crippen molar-refractivity contribution >= 4 is 29.3 Å². The van der Waals surface area contributed by atoms with Crippen molar-refractivity contribution in [3.63, 3.8) is 0 Å². The second kappa shape index (κ2) is 6.43. The number of carbonyl (C=O) groups is 1. The first-order valence-electron chi connectivity index (χ1n) is 7.10. The van der Waals surface area contributed by atoms with E-state index < -0.39 is 15.8 Å². The van der Waals surface area contributed by atoms with E-state index in [1.807, 2.05) is 0 Å². The van der Waals surface area contributed by atoms with Crippen molar-refractivity contribution < 1.29 is 24.5 Å². The number of aromatic hydroxyl groups is 1. The summed E-state index contributed by atoms with van der Waals surface area (Å²) in [4.78, 5) is 36.5. The Morgan fingerprint density at radius 1 is 1.08 bits per heavy atom. The number of hydrogen-bond donors (Lipinski definition) is 1. The molecule has 0 atom stereocenters. The fourth-order valence-electron chi connectivity index (χ4n) is 2.26. The average Bonchev–Trinajstić information content (AvgIpc) is 2.97. The lowest BCUT2D eigenvalue weighted by atomic mass is 10.1. The Hall–Kier alpha value is -4.08. The van der Waals surface area contributed by atoms with Gasteiger partial charge >= 0.3 is 5.97 Å². The summed E-state index contributed by atoms with van der Waals surface area (Å²) in [5.41, 5.74) is -0.840. The van der Waals surface area contributed by atoms with Gasteiger partial charge in [0.2, 0.25) is 5.90 Å². The number of phenols is 1. The molecule has 0 spiro atoms. The van der Waals surface area contributed by atoms with Crippen LogP contribution < -0.4 is 0 Å². The zero-order valence-corrected chi connectivity index (χ0v) is 12.9. The van der Waals surface area contributed by atoms with E-state index in [9.17, 15) is 30.1 Å². The Morgan fingerprint density at radius 3 is 2.50 bits per heavy atom. The molecule has 26 heavy (non-hydrogen) atoms. The van der Waals surface area contributed by atoms with Crippen LogP contribution in [0.4, 0.5) is 11.4 Å². The molecule has 0 saturated heterocycles. The van der Waals surface area contributed by atoms with Crippen molar-refractivity contribution in [3.8, 4) is 5.75 Å². The molecule has 2 aromatic carbocycles. The van der Waals surface area contributed by atoms with Crippen LogP contribution in [0.2, 0.25) is 0 Å². The number of aliphatic imine (C=N–C) groups is 1. The summed E-state index contributed by atoms with van der Waals surface area (Å²) in [7, 11) is 0. The van der Waals surface area contributed by atoms with Crippen molar-refractivity contribution in [1.82, 2.24) is 0 Å². The van der Waals surface area contributed by atoms with Crippen LogP contribution in [0.5, 0.6) is 5.75 Å². The summed E-state index contributed by atoms with van der Waals surface area (Å²) in [6.07, 6.45) is 1.10. The monoisotopic (exact) mass is 355 g/mol. The summed E-state index contributed by atoms with van der Waals surface area (Å²) < 4.78 is 4.96. The topological polar surface area (TPSA) is 145 Å². The van der Waals surface area contributed by atoms with Gasteiger partial charge in [-0.1, -0.05) is 12.1 Å². The first-order valence-corrected chi connectivity index (χ1v) is 7.10. The summed E-state index contributed by atoms with van der Waals surface area (Å²) in [5.74, 6) is -1.47. The normalized spacial score (nSPS) is 14.8. The van der Waals surface area contributed by atoms with Crippen LogP contribution in [0.25, 0.3) is 6.08 Å². The molecule has 0 saturated carbocycles. The SMILES string of the molecule is O=C1OC(c2ccccc2[N+](=O)[O-])=NC1=Cc1cc([N+](=O)[O-])ccc1O. The number of nitro groups is 2. The Labute approximate surface area is 145 Å². The number of esters is 1. The smallest absolute Gasteiger partial charge is 0.363 e. The van der Waals surface area contributed by atoms with E-state index in [-0.39, 0.29) is 39.8 Å². The molecule has 1 heterocycles. The van der Waals surface area contributed by atoms with Gasteiger partial charge in [-0.15, -0.1) is 0 Å². The third-order valence-corrected chi connectivity index (χ3v) is 3.47. The summed E-state index contributed by atoms with van der Waals surface area (Å²) in [5, 5.41) is 31.7. The van der Waals surface area contributed by atoms with Gasteiger partial charge in [0, 0.05) is 23.8 Å². The minimum atomic E-state index is -0.899. The Kier molecular flexibility index (Phi) is 4.15. The number of rotatable bonds is 4. The molecule has 0 radical (unpaired) electrons. The minimum absolute atomic E-state index is 0.0116. The predicted octanol–water partition coefficient (Wildman–Crippen LogP) is 2.55. The van der Waals surface area contributed by atoms with Gasteiger partial charge in [-0.2, -0.15) is 0 Å². The highest BCUT2D eigenvalue weighted by molar-refractivity contribution is 6.14. The molecular formula is C16H9N3O7. The summed E-state index contributed by atoms with van der Waals surface area (Å²) in [6.45, 7) is 0. The van der Waals surface area contributed by atoms with Gasteiger partial charge in [-0.25, -0.2) is 9.79 Å². The standard InChI is InChI=1S/C16H9N3O7/c20-14-6-5-10(18(22)23)7-9(14)8-12-16(21)26-15(17-12)11-3-1-2-4-13(11)19(24)25/h1-8,20H. The van der Waals surface area contributed by atoms with Crippen LogP contribution in [-0.2, 0) is 9.53 Å². The third kappa shape index (κ3) is 3.11. The number of benzene rings is 2. The Balaban J connectivity index is 2.04. The van der Waals surface area contributed by atoms with E-state index in [0.29, 0.717) is 0 Å². The first kappa shape index (κ1) is 16.8. The molecule has 1 N–H and O–H groups in total. The van der Waals surface area contributed by atoms with E-state index in [2.05, 4.69) is 4.99 Å². The highest BCUT2D eigenvalue weighted by atomic mass is 16.6. The molecule has 0 aliphatic carbocycles. The van der Waals surface area contributed by atoms with Gasteiger partial charge in [0.25, 0.3) is 11.4 Å². The van der Waals surface area contributed by atoms with Crippen LogP contribution >= 0.6 is 0 Å². The Morgan fingerprint density at radius 2 is 1.81 bits per heavy atom. The fourth-order valence-corrected chi connectivity index (χ4v) is 2.26. The number of non-ortho nitro benzene ring substituents is 1. The van der Waals surface area contributed by atoms with Crippen LogP contribution in [-0.4, -0.2) is 26.8 Å². The van der Waals surface area contributed by atoms with Gasteiger partial charge in [-0.3, -0.25) is 20.2 Å². The number of hydrogen-bond acceptors (Lipinski definition) is 8. The van der Waals surface area contributed by atoms with E-state index in [4.69, 9.17) is 4.74 Å². The molecular weight excluding hydrogens is 346 g/mol. The van der Waals surface area contributed by atoms with Crippen LogP contribution in [0.1, 0.15) is 11.1 Å². The van der Waals surface area contributed by atoms with E-state index >= 15 is 0 Å². The minimum Gasteiger partial charge on any atom is -0.507 e. The van der Waals surface area contributed by atoms with Gasteiger partial charge in [0.15, 0.2) is 5.70 Å². The number of carbonyl (C=O) groups excluding carboxylic acids is 1. The molecule has 10 nitrogen and oxygen atoms in total. The number of phenolic OH excluding ortho intramolecular Hbond substituents is 1. The summed E-state index contributed by atoms with van der Waals surface area (Å²) in [6, 6.07) is 8.86. The predicted molar refractivity (Wildman–Crippen MR) is 88.5 cm³/mol. The highest BCUT2D eigenvalue weighted by Gasteiger charge is 2.29. The molecule has 0 unspecified atom stereocenters. The van der Waals surface area contributed by atoms with E-state index in [0.717, 1.165) is 24.3 Å². The summed E-state index contributed by atoms with van der Waals surface area (Å²) >= 11 is 0. The number of nitrogens with zero attached hydrogens (tertiary/aromatic N) is 3. The molecule has 130 valence electrons. The van der Waals surface area contributed by atoms with Crippen LogP contribution in [0.15, 0.2) is 53.2 Å². The van der Waals surface area contributed by atoms with E-state index in [1.165, 1.54) is 24.3 Å². The molecule has 1 aliphatic rings. The molecule has 0 bridgehead atoms. The molecule has 3 rings (SSSR count). The average molecular weight is 355 g/mol.